The average molecular weight is 440 g/mol. The van der Waals surface area contributed by atoms with Gasteiger partial charge in [-0.05, 0) is 47.5 Å². The van der Waals surface area contributed by atoms with Crippen molar-refractivity contribution in [3.63, 3.8) is 0 Å². The minimum absolute atomic E-state index is 0.0429. The lowest BCUT2D eigenvalue weighted by Gasteiger charge is -2.49. The number of aromatic nitrogens is 5. The number of amides is 1. The van der Waals surface area contributed by atoms with Crippen LogP contribution in [0.5, 0.6) is 0 Å². The lowest BCUT2D eigenvalue weighted by Crippen LogP contribution is -2.61. The summed E-state index contributed by atoms with van der Waals surface area (Å²) in [6.45, 7) is 5.27. The number of fused-ring (bicyclic) bond motifs is 1. The van der Waals surface area contributed by atoms with Gasteiger partial charge in [-0.2, -0.15) is 0 Å². The molecule has 0 aliphatic carbocycles. The first-order valence-electron chi connectivity index (χ1n) is 11.2. The zero-order valence-corrected chi connectivity index (χ0v) is 18.4. The van der Waals surface area contributed by atoms with Gasteiger partial charge in [-0.1, -0.05) is 0 Å². The van der Waals surface area contributed by atoms with E-state index in [1.165, 1.54) is 0 Å². The molecule has 2 saturated heterocycles. The second-order valence-corrected chi connectivity index (χ2v) is 8.46. The lowest BCUT2D eigenvalue weighted by molar-refractivity contribution is -0.0573. The van der Waals surface area contributed by atoms with Crippen molar-refractivity contribution in [1.82, 2.24) is 35.0 Å². The van der Waals surface area contributed by atoms with Crippen molar-refractivity contribution in [1.29, 1.82) is 0 Å². The third-order valence-corrected chi connectivity index (χ3v) is 6.63. The van der Waals surface area contributed by atoms with Crippen LogP contribution in [0, 0.1) is 0 Å². The average Bonchev–Trinajstić information content (AvgIpc) is 3.52. The second kappa shape index (κ2) is 8.97. The third-order valence-electron chi connectivity index (χ3n) is 6.63. The van der Waals surface area contributed by atoms with Gasteiger partial charge in [0, 0.05) is 56.0 Å². The van der Waals surface area contributed by atoms with E-state index in [1.54, 1.807) is 7.11 Å². The number of tetrazole rings is 1. The highest BCUT2D eigenvalue weighted by molar-refractivity contribution is 5.98. The molecule has 1 aromatic carbocycles. The van der Waals surface area contributed by atoms with Crippen LogP contribution in [0.25, 0.3) is 10.9 Å². The van der Waals surface area contributed by atoms with Gasteiger partial charge in [0.2, 0.25) is 0 Å². The van der Waals surface area contributed by atoms with Crippen molar-refractivity contribution in [2.45, 2.75) is 24.9 Å². The van der Waals surface area contributed by atoms with Crippen molar-refractivity contribution in [3.05, 3.63) is 41.9 Å². The van der Waals surface area contributed by atoms with Gasteiger partial charge in [0.15, 0.2) is 5.82 Å². The number of hydrogen-bond acceptors (Lipinski definition) is 7. The fraction of sp³-hybridized carbons (Fsp3) is 0.545. The number of nitrogens with one attached hydrogen (secondary N) is 1. The van der Waals surface area contributed by atoms with E-state index in [1.807, 2.05) is 40.0 Å². The van der Waals surface area contributed by atoms with E-state index in [-0.39, 0.29) is 5.91 Å². The first-order chi connectivity index (χ1) is 15.7. The minimum Gasteiger partial charge on any atom is -0.383 e. The van der Waals surface area contributed by atoms with Crippen molar-refractivity contribution < 1.29 is 14.3 Å². The maximum atomic E-state index is 13.6. The van der Waals surface area contributed by atoms with E-state index in [0.29, 0.717) is 38.5 Å². The van der Waals surface area contributed by atoms with Crippen molar-refractivity contribution in [3.8, 4) is 0 Å². The number of piperidine rings is 1. The summed E-state index contributed by atoms with van der Waals surface area (Å²) in [4.78, 5) is 21.1. The van der Waals surface area contributed by atoms with Crippen LogP contribution in [-0.2, 0) is 21.6 Å². The molecule has 0 spiro atoms. The topological polar surface area (TPSA) is 101 Å². The number of hydrogen-bond donors (Lipinski definition) is 1. The molecule has 5 rings (SSSR count). The number of morpholine rings is 1. The Hall–Kier alpha value is -2.82. The highest BCUT2D eigenvalue weighted by Crippen LogP contribution is 2.37. The van der Waals surface area contributed by atoms with Gasteiger partial charge in [-0.3, -0.25) is 9.69 Å². The molecule has 2 fully saturated rings. The number of likely N-dealkylation sites (tertiary alicyclic amines) is 1. The van der Waals surface area contributed by atoms with E-state index in [4.69, 9.17) is 9.47 Å². The SMILES string of the molecule is COCCn1nnnc1[C@]1(N2CCOCC2)CCCN(C(=O)c2ccc3[nH]ccc3c2)C1. The monoisotopic (exact) mass is 439 g/mol. The normalized spacial score (nSPS) is 22.5. The second-order valence-electron chi connectivity index (χ2n) is 8.46. The summed E-state index contributed by atoms with van der Waals surface area (Å²) >= 11 is 0. The predicted molar refractivity (Wildman–Crippen MR) is 117 cm³/mol. The minimum atomic E-state index is -0.451. The number of ether oxygens (including phenoxy) is 2. The highest BCUT2D eigenvalue weighted by Gasteiger charge is 2.47. The van der Waals surface area contributed by atoms with Crippen LogP contribution < -0.4 is 0 Å². The number of benzene rings is 1. The molecule has 2 aromatic heterocycles. The fourth-order valence-corrected chi connectivity index (χ4v) is 5.02. The Labute approximate surface area is 186 Å². The summed E-state index contributed by atoms with van der Waals surface area (Å²) in [5, 5.41) is 13.7. The predicted octanol–water partition coefficient (Wildman–Crippen LogP) is 1.26. The van der Waals surface area contributed by atoms with Crippen LogP contribution >= 0.6 is 0 Å². The van der Waals surface area contributed by atoms with Crippen LogP contribution in [0.4, 0.5) is 0 Å². The van der Waals surface area contributed by atoms with E-state index in [0.717, 1.165) is 49.2 Å². The molecule has 0 radical (unpaired) electrons. The quantitative estimate of drug-likeness (QED) is 0.617. The Morgan fingerprint density at radius 2 is 2.12 bits per heavy atom. The molecule has 3 aromatic rings. The van der Waals surface area contributed by atoms with Crippen molar-refractivity contribution in [2.75, 3.05) is 53.1 Å². The molecule has 32 heavy (non-hydrogen) atoms. The fourth-order valence-electron chi connectivity index (χ4n) is 5.02. The number of nitrogens with zero attached hydrogens (tertiary/aromatic N) is 6. The standard InChI is InChI=1S/C22H29N7O3/c1-31-12-11-29-21(24-25-26-29)22(28-9-13-32-14-10-28)6-2-8-27(16-22)20(30)18-3-4-19-17(15-18)5-7-23-19/h3-5,7,15,23H,2,6,8-14,16H2,1H3/t22-/m0/s1. The molecule has 2 aliphatic heterocycles. The number of H-pyrrole nitrogens is 1. The van der Waals surface area contributed by atoms with Crippen LogP contribution in [0.1, 0.15) is 29.0 Å². The molecule has 1 atom stereocenters. The zero-order chi connectivity index (χ0) is 22.0. The van der Waals surface area contributed by atoms with E-state index in [9.17, 15) is 4.79 Å². The maximum Gasteiger partial charge on any atom is 0.253 e. The van der Waals surface area contributed by atoms with Crippen LogP contribution in [0.2, 0.25) is 0 Å². The molecule has 170 valence electrons. The van der Waals surface area contributed by atoms with Crippen LogP contribution in [0.3, 0.4) is 0 Å². The Kier molecular flexibility index (Phi) is 5.90. The van der Waals surface area contributed by atoms with Crippen LogP contribution in [0.15, 0.2) is 30.5 Å². The van der Waals surface area contributed by atoms with E-state index >= 15 is 0 Å². The largest absolute Gasteiger partial charge is 0.383 e. The first kappa shape index (κ1) is 21.0. The summed E-state index contributed by atoms with van der Waals surface area (Å²) in [7, 11) is 1.67. The molecular weight excluding hydrogens is 410 g/mol. The number of carbonyl (C=O) groups is 1. The maximum absolute atomic E-state index is 13.6. The molecule has 1 N–H and O–H groups in total. The van der Waals surface area contributed by atoms with Crippen molar-refractivity contribution in [2.24, 2.45) is 0 Å². The molecule has 4 heterocycles. The number of methoxy groups -OCH3 is 1. The van der Waals surface area contributed by atoms with Gasteiger partial charge in [-0.15, -0.1) is 5.10 Å². The summed E-state index contributed by atoms with van der Waals surface area (Å²) in [5.74, 6) is 0.844. The van der Waals surface area contributed by atoms with E-state index in [2.05, 4.69) is 25.4 Å². The highest BCUT2D eigenvalue weighted by atomic mass is 16.5. The lowest BCUT2D eigenvalue weighted by atomic mass is 9.85. The molecule has 1 amide bonds. The zero-order valence-electron chi connectivity index (χ0n) is 18.4. The Morgan fingerprint density at radius 3 is 2.97 bits per heavy atom. The molecule has 0 unspecified atom stereocenters. The first-order valence-corrected chi connectivity index (χ1v) is 11.2. The van der Waals surface area contributed by atoms with Gasteiger partial charge in [0.1, 0.15) is 5.54 Å². The van der Waals surface area contributed by atoms with Gasteiger partial charge in [-0.25, -0.2) is 4.68 Å². The number of aromatic amines is 1. The Bertz CT molecular complexity index is 1070. The smallest absolute Gasteiger partial charge is 0.253 e. The Balaban J connectivity index is 1.48. The number of carbonyl (C=O) groups excluding carboxylic acids is 1. The van der Waals surface area contributed by atoms with Gasteiger partial charge in [0.25, 0.3) is 5.91 Å². The van der Waals surface area contributed by atoms with Gasteiger partial charge in [0.05, 0.1) is 26.4 Å². The molecular formula is C22H29N7O3. The number of rotatable bonds is 6. The molecule has 10 heteroatoms. The summed E-state index contributed by atoms with van der Waals surface area (Å²) in [6.07, 6.45) is 3.66. The van der Waals surface area contributed by atoms with Gasteiger partial charge >= 0.3 is 0 Å². The molecule has 0 saturated carbocycles. The Morgan fingerprint density at radius 1 is 1.25 bits per heavy atom. The third kappa shape index (κ3) is 3.78. The molecule has 2 aliphatic rings. The molecule has 10 nitrogen and oxygen atoms in total. The van der Waals surface area contributed by atoms with Crippen molar-refractivity contribution >= 4 is 16.8 Å². The summed E-state index contributed by atoms with van der Waals surface area (Å²) in [5.41, 5.74) is 1.28. The molecule has 0 bridgehead atoms. The van der Waals surface area contributed by atoms with Gasteiger partial charge < -0.3 is 19.4 Å². The van der Waals surface area contributed by atoms with Crippen LogP contribution in [-0.4, -0.2) is 94.0 Å². The van der Waals surface area contributed by atoms with E-state index < -0.39 is 5.54 Å². The summed E-state index contributed by atoms with van der Waals surface area (Å²) in [6, 6.07) is 7.81. The summed E-state index contributed by atoms with van der Waals surface area (Å²) < 4.78 is 12.7.